The number of methoxy groups -OCH3 is 1. The lowest BCUT2D eigenvalue weighted by molar-refractivity contribution is -0.145. The second-order valence-electron chi connectivity index (χ2n) is 3.88. The Kier molecular flexibility index (Phi) is 4.75. The number of thioether (sulfide) groups is 1. The number of carbonyl (C=O) groups excluding carboxylic acids is 1. The van der Waals surface area contributed by atoms with Crippen LogP contribution < -0.4 is 0 Å². The zero-order valence-corrected chi connectivity index (χ0v) is 9.97. The van der Waals surface area contributed by atoms with Gasteiger partial charge in [0, 0.05) is 18.3 Å². The Labute approximate surface area is 90.2 Å². The molecule has 0 spiro atoms. The number of rotatable bonds is 4. The normalized spacial score (nSPS) is 23.9. The molecule has 0 radical (unpaired) electrons. The van der Waals surface area contributed by atoms with Crippen LogP contribution in [0.4, 0.5) is 0 Å². The Bertz CT molecular complexity index is 193. The van der Waals surface area contributed by atoms with E-state index < -0.39 is 0 Å². The topological polar surface area (TPSA) is 29.5 Å². The van der Waals surface area contributed by atoms with Gasteiger partial charge in [-0.15, -0.1) is 0 Å². The first-order chi connectivity index (χ1) is 6.65. The Balaban J connectivity index is 2.31. The Morgan fingerprint density at radius 3 is 2.93 bits per heavy atom. The van der Waals surface area contributed by atoms with Gasteiger partial charge in [0.1, 0.15) is 0 Å². The fourth-order valence-corrected chi connectivity index (χ4v) is 3.03. The van der Waals surface area contributed by atoms with E-state index in [0.29, 0.717) is 6.04 Å². The van der Waals surface area contributed by atoms with Crippen LogP contribution in [0.3, 0.4) is 0 Å². The second-order valence-corrected chi connectivity index (χ2v) is 5.03. The molecule has 0 saturated carbocycles. The van der Waals surface area contributed by atoms with Crippen molar-refractivity contribution in [3.8, 4) is 0 Å². The molecule has 1 aliphatic rings. The van der Waals surface area contributed by atoms with Crippen molar-refractivity contribution in [2.75, 3.05) is 32.2 Å². The average molecular weight is 217 g/mol. The summed E-state index contributed by atoms with van der Waals surface area (Å²) in [6.45, 7) is 2.72. The molecule has 0 amide bonds. The molecule has 4 heteroatoms. The zero-order valence-electron chi connectivity index (χ0n) is 9.16. The number of ether oxygens (including phenoxy) is 1. The van der Waals surface area contributed by atoms with Crippen molar-refractivity contribution in [1.82, 2.24) is 4.90 Å². The van der Waals surface area contributed by atoms with Crippen LogP contribution in [0.15, 0.2) is 0 Å². The van der Waals surface area contributed by atoms with E-state index in [1.165, 1.54) is 25.0 Å². The van der Waals surface area contributed by atoms with Crippen molar-refractivity contribution < 1.29 is 9.53 Å². The zero-order chi connectivity index (χ0) is 10.6. The molecule has 2 unspecified atom stereocenters. The van der Waals surface area contributed by atoms with Gasteiger partial charge in [0.15, 0.2) is 0 Å². The van der Waals surface area contributed by atoms with Gasteiger partial charge in [-0.25, -0.2) is 0 Å². The van der Waals surface area contributed by atoms with Gasteiger partial charge in [-0.3, -0.25) is 4.79 Å². The molecule has 0 aromatic rings. The molecule has 14 heavy (non-hydrogen) atoms. The van der Waals surface area contributed by atoms with E-state index in [0.717, 1.165) is 6.54 Å². The third-order valence-electron chi connectivity index (χ3n) is 2.69. The monoisotopic (exact) mass is 217 g/mol. The van der Waals surface area contributed by atoms with E-state index in [9.17, 15) is 4.79 Å². The van der Waals surface area contributed by atoms with Crippen molar-refractivity contribution in [3.63, 3.8) is 0 Å². The minimum Gasteiger partial charge on any atom is -0.469 e. The highest BCUT2D eigenvalue weighted by Crippen LogP contribution is 2.21. The lowest BCUT2D eigenvalue weighted by Gasteiger charge is -2.25. The lowest BCUT2D eigenvalue weighted by Crippen LogP contribution is -2.37. The first-order valence-corrected chi connectivity index (χ1v) is 6.16. The van der Waals surface area contributed by atoms with Crippen LogP contribution in [0.5, 0.6) is 0 Å². The van der Waals surface area contributed by atoms with E-state index in [1.807, 2.05) is 18.7 Å². The summed E-state index contributed by atoms with van der Waals surface area (Å²) in [4.78, 5) is 13.5. The van der Waals surface area contributed by atoms with E-state index in [1.54, 1.807) is 0 Å². The van der Waals surface area contributed by atoms with E-state index in [-0.39, 0.29) is 11.9 Å². The molecular weight excluding hydrogens is 198 g/mol. The predicted octanol–water partition coefficient (Wildman–Crippen LogP) is 1.23. The first-order valence-electron chi connectivity index (χ1n) is 5.01. The quantitative estimate of drug-likeness (QED) is 0.663. The summed E-state index contributed by atoms with van der Waals surface area (Å²) >= 11 is 1.99. The highest BCUT2D eigenvalue weighted by Gasteiger charge is 2.23. The molecule has 3 nitrogen and oxygen atoms in total. The number of carbonyl (C=O) groups is 1. The van der Waals surface area contributed by atoms with Crippen LogP contribution in [-0.2, 0) is 9.53 Å². The maximum atomic E-state index is 11.2. The minimum absolute atomic E-state index is 0.0180. The molecule has 0 bridgehead atoms. The van der Waals surface area contributed by atoms with Crippen LogP contribution in [0, 0.1) is 5.92 Å². The standard InChI is InChI=1S/C10H19NO2S/c1-8(10(12)13-3)6-11(2)9-4-5-14-7-9/h8-9H,4-7H2,1-3H3. The summed E-state index contributed by atoms with van der Waals surface area (Å²) < 4.78 is 4.70. The summed E-state index contributed by atoms with van der Waals surface area (Å²) in [5.74, 6) is 2.32. The maximum absolute atomic E-state index is 11.2. The van der Waals surface area contributed by atoms with Gasteiger partial charge in [0.2, 0.25) is 0 Å². The number of hydrogen-bond donors (Lipinski definition) is 0. The van der Waals surface area contributed by atoms with Gasteiger partial charge in [-0.1, -0.05) is 6.92 Å². The van der Waals surface area contributed by atoms with Gasteiger partial charge in [0.25, 0.3) is 0 Å². The summed E-state index contributed by atoms with van der Waals surface area (Å²) in [5, 5.41) is 0. The van der Waals surface area contributed by atoms with Crippen molar-refractivity contribution >= 4 is 17.7 Å². The van der Waals surface area contributed by atoms with Gasteiger partial charge < -0.3 is 9.64 Å². The van der Waals surface area contributed by atoms with Crippen LogP contribution in [0.2, 0.25) is 0 Å². The SMILES string of the molecule is COC(=O)C(C)CN(C)C1CCSC1. The smallest absolute Gasteiger partial charge is 0.309 e. The summed E-state index contributed by atoms with van der Waals surface area (Å²) in [6.07, 6.45) is 1.25. The van der Waals surface area contributed by atoms with Gasteiger partial charge in [-0.05, 0) is 19.2 Å². The third-order valence-corrected chi connectivity index (χ3v) is 3.84. The van der Waals surface area contributed by atoms with Gasteiger partial charge in [-0.2, -0.15) is 11.8 Å². The molecule has 1 heterocycles. The average Bonchev–Trinajstić information content (AvgIpc) is 2.69. The Hall–Kier alpha value is -0.220. The third kappa shape index (κ3) is 3.17. The van der Waals surface area contributed by atoms with E-state index in [2.05, 4.69) is 11.9 Å². The Morgan fingerprint density at radius 1 is 1.71 bits per heavy atom. The molecule has 1 aliphatic heterocycles. The lowest BCUT2D eigenvalue weighted by atomic mass is 10.1. The van der Waals surface area contributed by atoms with Crippen LogP contribution in [0.1, 0.15) is 13.3 Å². The molecule has 1 rings (SSSR count). The van der Waals surface area contributed by atoms with Crippen LogP contribution in [0.25, 0.3) is 0 Å². The number of nitrogens with zero attached hydrogens (tertiary/aromatic N) is 1. The predicted molar refractivity (Wildman–Crippen MR) is 59.5 cm³/mol. The number of hydrogen-bond acceptors (Lipinski definition) is 4. The van der Waals surface area contributed by atoms with Crippen molar-refractivity contribution in [1.29, 1.82) is 0 Å². The van der Waals surface area contributed by atoms with Gasteiger partial charge >= 0.3 is 5.97 Å². The van der Waals surface area contributed by atoms with Crippen molar-refractivity contribution in [2.45, 2.75) is 19.4 Å². The molecule has 2 atom stereocenters. The van der Waals surface area contributed by atoms with E-state index >= 15 is 0 Å². The molecular formula is C10H19NO2S. The first kappa shape index (κ1) is 11.9. The number of esters is 1. The van der Waals surface area contributed by atoms with Gasteiger partial charge in [0.05, 0.1) is 13.0 Å². The molecule has 1 saturated heterocycles. The summed E-state index contributed by atoms with van der Waals surface area (Å²) in [7, 11) is 3.54. The summed E-state index contributed by atoms with van der Waals surface area (Å²) in [6, 6.07) is 0.645. The van der Waals surface area contributed by atoms with Crippen LogP contribution >= 0.6 is 11.8 Å². The van der Waals surface area contributed by atoms with E-state index in [4.69, 9.17) is 4.74 Å². The summed E-state index contributed by atoms with van der Waals surface area (Å²) in [5.41, 5.74) is 0. The molecule has 82 valence electrons. The Morgan fingerprint density at radius 2 is 2.43 bits per heavy atom. The minimum atomic E-state index is -0.109. The highest BCUT2D eigenvalue weighted by molar-refractivity contribution is 7.99. The largest absolute Gasteiger partial charge is 0.469 e. The highest BCUT2D eigenvalue weighted by atomic mass is 32.2. The second kappa shape index (κ2) is 5.61. The molecule has 1 fully saturated rings. The van der Waals surface area contributed by atoms with Crippen molar-refractivity contribution in [2.24, 2.45) is 5.92 Å². The van der Waals surface area contributed by atoms with Crippen molar-refractivity contribution in [3.05, 3.63) is 0 Å². The fourth-order valence-electron chi connectivity index (χ4n) is 1.73. The van der Waals surface area contributed by atoms with Crippen LogP contribution in [-0.4, -0.2) is 49.1 Å². The molecule has 0 aromatic heterocycles. The molecule has 0 N–H and O–H groups in total. The molecule has 0 aromatic carbocycles. The maximum Gasteiger partial charge on any atom is 0.309 e. The molecule has 0 aliphatic carbocycles. The fraction of sp³-hybridized carbons (Fsp3) is 0.900.